The molecule has 0 aliphatic carbocycles. The van der Waals surface area contributed by atoms with Crippen LogP contribution < -0.4 is 5.73 Å². The molecule has 2 rings (SSSR count). The summed E-state index contributed by atoms with van der Waals surface area (Å²) in [6.07, 6.45) is 0. The first-order chi connectivity index (χ1) is 5.81. The Bertz CT molecular complexity index is 408. The second-order valence-corrected chi connectivity index (χ2v) is 3.62. The molecule has 1 heterocycles. The lowest BCUT2D eigenvalue weighted by atomic mass is 10.2. The Kier molecular flexibility index (Phi) is 2.02. The van der Waals surface area contributed by atoms with Gasteiger partial charge in [-0.05, 0) is 40.3 Å². The summed E-state index contributed by atoms with van der Waals surface area (Å²) < 4.78 is 1.01. The third-order valence-electron chi connectivity index (χ3n) is 1.82. The zero-order valence-corrected chi connectivity index (χ0v) is 8.50. The van der Waals surface area contributed by atoms with Crippen LogP contribution in [-0.2, 0) is 6.54 Å². The van der Waals surface area contributed by atoms with Crippen LogP contribution in [0.1, 0.15) is 5.56 Å². The molecule has 3 N–H and O–H groups in total. The van der Waals surface area contributed by atoms with E-state index < -0.39 is 0 Å². The third-order valence-corrected chi connectivity index (χ3v) is 2.64. The highest BCUT2D eigenvalue weighted by Gasteiger charge is 2.01. The lowest BCUT2D eigenvalue weighted by Gasteiger charge is -1.94. The number of fused-ring (bicyclic) bond motifs is 1. The minimum absolute atomic E-state index is 0.575. The van der Waals surface area contributed by atoms with Gasteiger partial charge in [0.15, 0.2) is 0 Å². The minimum atomic E-state index is 0.575. The van der Waals surface area contributed by atoms with Crippen LogP contribution in [0, 0.1) is 3.70 Å². The highest BCUT2D eigenvalue weighted by Crippen LogP contribution is 2.18. The molecule has 0 fully saturated rings. The molecule has 0 saturated carbocycles. The van der Waals surface area contributed by atoms with Gasteiger partial charge in [0.2, 0.25) is 0 Å². The van der Waals surface area contributed by atoms with Crippen molar-refractivity contribution < 1.29 is 0 Å². The lowest BCUT2D eigenvalue weighted by molar-refractivity contribution is 1.07. The van der Waals surface area contributed by atoms with Gasteiger partial charge in [0, 0.05) is 11.9 Å². The highest BCUT2D eigenvalue weighted by molar-refractivity contribution is 14.1. The first-order valence-electron chi connectivity index (χ1n) is 3.64. The molecule has 2 aromatic rings. The van der Waals surface area contributed by atoms with Crippen molar-refractivity contribution >= 4 is 33.5 Å². The monoisotopic (exact) mass is 273 g/mol. The van der Waals surface area contributed by atoms with Gasteiger partial charge in [-0.25, -0.2) is 0 Å². The van der Waals surface area contributed by atoms with Gasteiger partial charge in [-0.2, -0.15) is 5.10 Å². The van der Waals surface area contributed by atoms with Crippen LogP contribution in [0.4, 0.5) is 0 Å². The van der Waals surface area contributed by atoms with Crippen LogP contribution >= 0.6 is 22.6 Å². The third kappa shape index (κ3) is 1.21. The topological polar surface area (TPSA) is 54.7 Å². The standard InChI is InChI=1S/C8H8IN3/c9-8-6-2-1-5(4-10)3-7(6)11-12-8/h1-3H,4,10H2,(H,11,12). The molecule has 0 aliphatic heterocycles. The van der Waals surface area contributed by atoms with E-state index in [1.54, 1.807) is 0 Å². The highest BCUT2D eigenvalue weighted by atomic mass is 127. The largest absolute Gasteiger partial charge is 0.326 e. The molecule has 0 atom stereocenters. The van der Waals surface area contributed by atoms with Gasteiger partial charge in [-0.1, -0.05) is 6.07 Å². The fraction of sp³-hybridized carbons (Fsp3) is 0.125. The molecule has 12 heavy (non-hydrogen) atoms. The summed E-state index contributed by atoms with van der Waals surface area (Å²) in [5, 5.41) is 8.20. The zero-order chi connectivity index (χ0) is 8.55. The maximum atomic E-state index is 5.51. The Morgan fingerprint density at radius 3 is 3.08 bits per heavy atom. The average molecular weight is 273 g/mol. The van der Waals surface area contributed by atoms with Crippen molar-refractivity contribution in [2.24, 2.45) is 5.73 Å². The first kappa shape index (κ1) is 8.00. The van der Waals surface area contributed by atoms with Gasteiger partial charge < -0.3 is 5.73 Å². The summed E-state index contributed by atoms with van der Waals surface area (Å²) in [6, 6.07) is 6.10. The van der Waals surface area contributed by atoms with Crippen LogP contribution in [-0.4, -0.2) is 10.2 Å². The maximum Gasteiger partial charge on any atom is 0.130 e. The van der Waals surface area contributed by atoms with Gasteiger partial charge in [0.25, 0.3) is 0 Å². The Morgan fingerprint density at radius 1 is 1.50 bits per heavy atom. The molecule has 0 amide bonds. The van der Waals surface area contributed by atoms with E-state index in [9.17, 15) is 0 Å². The zero-order valence-electron chi connectivity index (χ0n) is 6.34. The van der Waals surface area contributed by atoms with Crippen LogP contribution in [0.2, 0.25) is 0 Å². The van der Waals surface area contributed by atoms with Crippen molar-refractivity contribution in [3.63, 3.8) is 0 Å². The van der Waals surface area contributed by atoms with E-state index in [1.807, 2.05) is 18.2 Å². The number of rotatable bonds is 1. The number of nitrogens with one attached hydrogen (secondary N) is 1. The maximum absolute atomic E-state index is 5.51. The molecule has 0 aliphatic rings. The summed E-state index contributed by atoms with van der Waals surface area (Å²) in [4.78, 5) is 0. The van der Waals surface area contributed by atoms with Crippen molar-refractivity contribution in [3.8, 4) is 0 Å². The number of halogens is 1. The fourth-order valence-corrected chi connectivity index (χ4v) is 1.75. The smallest absolute Gasteiger partial charge is 0.130 e. The normalized spacial score (nSPS) is 10.8. The van der Waals surface area contributed by atoms with Gasteiger partial charge in [-0.3, -0.25) is 5.10 Å². The second-order valence-electron chi connectivity index (χ2n) is 2.60. The SMILES string of the molecule is NCc1ccc2c(I)n[nH]c2c1. The number of hydrogen-bond acceptors (Lipinski definition) is 2. The second kappa shape index (κ2) is 3.02. The van der Waals surface area contributed by atoms with E-state index >= 15 is 0 Å². The van der Waals surface area contributed by atoms with Crippen LogP contribution in [0.5, 0.6) is 0 Å². The molecule has 4 heteroatoms. The van der Waals surface area contributed by atoms with Crippen molar-refractivity contribution in [2.45, 2.75) is 6.54 Å². The van der Waals surface area contributed by atoms with Crippen molar-refractivity contribution in [1.82, 2.24) is 10.2 Å². The molecule has 0 bridgehead atoms. The number of benzene rings is 1. The van der Waals surface area contributed by atoms with Crippen molar-refractivity contribution in [3.05, 3.63) is 27.5 Å². The number of aromatic amines is 1. The Balaban J connectivity index is 2.69. The molecule has 0 spiro atoms. The number of hydrogen-bond donors (Lipinski definition) is 2. The first-order valence-corrected chi connectivity index (χ1v) is 4.71. The number of nitrogens with two attached hydrogens (primary N) is 1. The Morgan fingerprint density at radius 2 is 2.33 bits per heavy atom. The summed E-state index contributed by atoms with van der Waals surface area (Å²) in [5.41, 5.74) is 7.70. The Hall–Kier alpha value is -0.620. The summed E-state index contributed by atoms with van der Waals surface area (Å²) in [7, 11) is 0. The number of H-pyrrole nitrogens is 1. The van der Waals surface area contributed by atoms with Crippen molar-refractivity contribution in [1.29, 1.82) is 0 Å². The van der Waals surface area contributed by atoms with Crippen molar-refractivity contribution in [2.75, 3.05) is 0 Å². The lowest BCUT2D eigenvalue weighted by Crippen LogP contribution is -1.95. The molecule has 0 unspecified atom stereocenters. The average Bonchev–Trinajstić information content (AvgIpc) is 2.47. The van der Waals surface area contributed by atoms with E-state index in [1.165, 1.54) is 0 Å². The molecule has 0 saturated heterocycles. The van der Waals surface area contributed by atoms with Gasteiger partial charge >= 0.3 is 0 Å². The summed E-state index contributed by atoms with van der Waals surface area (Å²) in [5.74, 6) is 0. The van der Waals surface area contributed by atoms with E-state index in [4.69, 9.17) is 5.73 Å². The molecule has 3 nitrogen and oxygen atoms in total. The molecular weight excluding hydrogens is 265 g/mol. The number of aromatic nitrogens is 2. The van der Waals surface area contributed by atoms with Gasteiger partial charge in [0.05, 0.1) is 5.52 Å². The van der Waals surface area contributed by atoms with E-state index in [0.29, 0.717) is 6.54 Å². The minimum Gasteiger partial charge on any atom is -0.326 e. The predicted octanol–water partition coefficient (Wildman–Crippen LogP) is 1.63. The molecule has 1 aromatic carbocycles. The van der Waals surface area contributed by atoms with E-state index in [-0.39, 0.29) is 0 Å². The van der Waals surface area contributed by atoms with Gasteiger partial charge in [0.1, 0.15) is 3.70 Å². The van der Waals surface area contributed by atoms with E-state index in [0.717, 1.165) is 20.2 Å². The summed E-state index contributed by atoms with van der Waals surface area (Å²) in [6.45, 7) is 0.575. The van der Waals surface area contributed by atoms with Crippen LogP contribution in [0.3, 0.4) is 0 Å². The fourth-order valence-electron chi connectivity index (χ4n) is 1.16. The van der Waals surface area contributed by atoms with Crippen LogP contribution in [0.15, 0.2) is 18.2 Å². The molecule has 62 valence electrons. The van der Waals surface area contributed by atoms with Crippen LogP contribution in [0.25, 0.3) is 10.9 Å². The summed E-state index contributed by atoms with van der Waals surface area (Å²) >= 11 is 2.20. The van der Waals surface area contributed by atoms with Gasteiger partial charge in [-0.15, -0.1) is 0 Å². The predicted molar refractivity (Wildman–Crippen MR) is 56.7 cm³/mol. The Labute approximate surface area is 83.5 Å². The van der Waals surface area contributed by atoms with E-state index in [2.05, 4.69) is 32.8 Å². The number of nitrogens with zero attached hydrogens (tertiary/aromatic N) is 1. The molecule has 0 radical (unpaired) electrons. The molecule has 1 aromatic heterocycles. The molecular formula is C8H8IN3. The quantitative estimate of drug-likeness (QED) is 0.776.